The Kier molecular flexibility index (Phi) is 6.29. The van der Waals surface area contributed by atoms with Crippen LogP contribution < -0.4 is 15.0 Å². The smallest absolute Gasteiger partial charge is 0.224 e. The fraction of sp³-hybridized carbons (Fsp3) is 0.500. The molecule has 0 saturated carbocycles. The van der Waals surface area contributed by atoms with Crippen LogP contribution in [0.1, 0.15) is 12.0 Å². The van der Waals surface area contributed by atoms with Crippen LogP contribution in [-0.4, -0.2) is 67.4 Å². The molecule has 1 unspecified atom stereocenters. The second kappa shape index (κ2) is 9.07. The van der Waals surface area contributed by atoms with Gasteiger partial charge in [0.15, 0.2) is 0 Å². The number of methoxy groups -OCH3 is 1. The Morgan fingerprint density at radius 3 is 2.89 bits per heavy atom. The van der Waals surface area contributed by atoms with E-state index in [1.165, 1.54) is 5.56 Å². The summed E-state index contributed by atoms with van der Waals surface area (Å²) in [6.07, 6.45) is 2.92. The number of nitrogens with one attached hydrogen (secondary N) is 1. The molecule has 0 bridgehead atoms. The summed E-state index contributed by atoms with van der Waals surface area (Å²) >= 11 is 3.57. The van der Waals surface area contributed by atoms with Crippen molar-refractivity contribution in [2.75, 3.05) is 56.7 Å². The molecule has 7 nitrogen and oxygen atoms in total. The van der Waals surface area contributed by atoms with E-state index in [1.54, 1.807) is 7.11 Å². The minimum absolute atomic E-state index is 0.363. The third-order valence-corrected chi connectivity index (χ3v) is 5.82. The van der Waals surface area contributed by atoms with E-state index in [-0.39, 0.29) is 0 Å². The molecule has 2 aliphatic rings. The predicted molar refractivity (Wildman–Crippen MR) is 113 cm³/mol. The topological polar surface area (TPSA) is 62.8 Å². The molecule has 1 aromatic carbocycles. The minimum Gasteiger partial charge on any atom is -0.496 e. The molecule has 2 aliphatic heterocycles. The van der Waals surface area contributed by atoms with E-state index < -0.39 is 0 Å². The van der Waals surface area contributed by atoms with E-state index in [0.29, 0.717) is 12.0 Å². The van der Waals surface area contributed by atoms with Gasteiger partial charge in [0.1, 0.15) is 11.6 Å². The van der Waals surface area contributed by atoms with Gasteiger partial charge in [0, 0.05) is 45.0 Å². The Morgan fingerprint density at radius 2 is 2.11 bits per heavy atom. The number of nitrogens with zero attached hydrogens (tertiary/aromatic N) is 4. The third kappa shape index (κ3) is 4.74. The maximum atomic E-state index is 5.42. The summed E-state index contributed by atoms with van der Waals surface area (Å²) in [5.41, 5.74) is 1.28. The van der Waals surface area contributed by atoms with Crippen molar-refractivity contribution in [2.24, 2.45) is 0 Å². The molecule has 1 atom stereocenters. The number of rotatable bonds is 6. The van der Waals surface area contributed by atoms with Crippen molar-refractivity contribution in [1.29, 1.82) is 0 Å². The fourth-order valence-electron chi connectivity index (χ4n) is 3.73. The number of anilines is 2. The number of aromatic nitrogens is 2. The lowest BCUT2D eigenvalue weighted by molar-refractivity contribution is 0.122. The number of hydrogen-bond donors (Lipinski definition) is 1. The highest BCUT2D eigenvalue weighted by atomic mass is 79.9. The molecule has 150 valence electrons. The molecule has 28 heavy (non-hydrogen) atoms. The Bertz CT molecular complexity index is 800. The van der Waals surface area contributed by atoms with Crippen LogP contribution in [0, 0.1) is 0 Å². The molecule has 3 heterocycles. The van der Waals surface area contributed by atoms with E-state index in [1.807, 2.05) is 18.3 Å². The molecule has 2 saturated heterocycles. The second-order valence-corrected chi connectivity index (χ2v) is 8.03. The summed E-state index contributed by atoms with van der Waals surface area (Å²) in [6.45, 7) is 6.24. The molecule has 0 amide bonds. The van der Waals surface area contributed by atoms with Crippen LogP contribution in [0.5, 0.6) is 5.75 Å². The average Bonchev–Trinajstić information content (AvgIpc) is 3.16. The number of halogens is 1. The summed E-state index contributed by atoms with van der Waals surface area (Å²) < 4.78 is 11.7. The van der Waals surface area contributed by atoms with Crippen LogP contribution in [0.25, 0.3) is 0 Å². The van der Waals surface area contributed by atoms with Gasteiger partial charge in [-0.05, 0) is 46.1 Å². The highest BCUT2D eigenvalue weighted by Crippen LogP contribution is 2.27. The van der Waals surface area contributed by atoms with Crippen molar-refractivity contribution < 1.29 is 9.47 Å². The van der Waals surface area contributed by atoms with E-state index in [0.717, 1.165) is 68.4 Å². The van der Waals surface area contributed by atoms with Gasteiger partial charge in [-0.15, -0.1) is 0 Å². The van der Waals surface area contributed by atoms with Gasteiger partial charge < -0.3 is 19.7 Å². The lowest BCUT2D eigenvalue weighted by atomic mass is 10.2. The van der Waals surface area contributed by atoms with Gasteiger partial charge in [-0.25, -0.2) is 4.98 Å². The molecular weight excluding hydrogens is 422 g/mol. The van der Waals surface area contributed by atoms with Crippen LogP contribution >= 0.6 is 15.9 Å². The molecule has 0 radical (unpaired) electrons. The second-order valence-electron chi connectivity index (χ2n) is 7.17. The monoisotopic (exact) mass is 447 g/mol. The van der Waals surface area contributed by atoms with Crippen molar-refractivity contribution in [3.05, 3.63) is 40.5 Å². The molecule has 4 rings (SSSR count). The van der Waals surface area contributed by atoms with Crippen LogP contribution in [0.2, 0.25) is 0 Å². The number of morpholine rings is 1. The highest BCUT2D eigenvalue weighted by Gasteiger charge is 2.23. The summed E-state index contributed by atoms with van der Waals surface area (Å²) in [5, 5.41) is 3.51. The van der Waals surface area contributed by atoms with E-state index >= 15 is 0 Å². The Morgan fingerprint density at radius 1 is 1.25 bits per heavy atom. The van der Waals surface area contributed by atoms with Crippen molar-refractivity contribution in [1.82, 2.24) is 14.9 Å². The van der Waals surface area contributed by atoms with E-state index in [2.05, 4.69) is 48.2 Å². The number of benzene rings is 1. The molecule has 1 aromatic heterocycles. The lowest BCUT2D eigenvalue weighted by Gasteiger charge is -2.28. The largest absolute Gasteiger partial charge is 0.496 e. The normalized spacial score (nSPS) is 20.4. The molecule has 0 spiro atoms. The van der Waals surface area contributed by atoms with Gasteiger partial charge in [0.2, 0.25) is 5.95 Å². The molecule has 0 aliphatic carbocycles. The van der Waals surface area contributed by atoms with Gasteiger partial charge in [-0.1, -0.05) is 6.07 Å². The Hall–Kier alpha value is -1.90. The maximum absolute atomic E-state index is 5.42. The zero-order valence-corrected chi connectivity index (χ0v) is 17.7. The van der Waals surface area contributed by atoms with Gasteiger partial charge in [-0.2, -0.15) is 4.98 Å². The van der Waals surface area contributed by atoms with Crippen LogP contribution in [0.4, 0.5) is 11.8 Å². The minimum atomic E-state index is 0.363. The van der Waals surface area contributed by atoms with Gasteiger partial charge in [0.25, 0.3) is 0 Å². The molecule has 2 aromatic rings. The summed E-state index contributed by atoms with van der Waals surface area (Å²) in [5.74, 6) is 2.55. The SMILES string of the molecule is COc1ccc(CN2CCC(Nc3nccc(N4CCOCC4)n3)C2)cc1Br. The first-order valence-corrected chi connectivity index (χ1v) is 10.5. The van der Waals surface area contributed by atoms with Gasteiger partial charge >= 0.3 is 0 Å². The summed E-state index contributed by atoms with van der Waals surface area (Å²) in [4.78, 5) is 13.8. The molecule has 8 heteroatoms. The highest BCUT2D eigenvalue weighted by molar-refractivity contribution is 9.10. The number of ether oxygens (including phenoxy) is 2. The first kappa shape index (κ1) is 19.4. The van der Waals surface area contributed by atoms with Crippen molar-refractivity contribution in [3.63, 3.8) is 0 Å². The summed E-state index contributed by atoms with van der Waals surface area (Å²) in [6, 6.07) is 8.60. The van der Waals surface area contributed by atoms with Crippen LogP contribution in [0.15, 0.2) is 34.9 Å². The standard InChI is InChI=1S/C20H26BrN5O2/c1-27-18-3-2-15(12-17(18)21)13-25-7-5-16(14-25)23-20-22-6-4-19(24-20)26-8-10-28-11-9-26/h2-4,6,12,16H,5,7-11,13-14H2,1H3,(H,22,23,24). The molecule has 1 N–H and O–H groups in total. The van der Waals surface area contributed by atoms with E-state index in [9.17, 15) is 0 Å². The Labute approximate surface area is 174 Å². The van der Waals surface area contributed by atoms with Crippen LogP contribution in [-0.2, 0) is 11.3 Å². The van der Waals surface area contributed by atoms with Crippen LogP contribution in [0.3, 0.4) is 0 Å². The zero-order valence-electron chi connectivity index (χ0n) is 16.1. The summed E-state index contributed by atoms with van der Waals surface area (Å²) in [7, 11) is 1.69. The van der Waals surface area contributed by atoms with Crippen molar-refractivity contribution in [3.8, 4) is 5.75 Å². The van der Waals surface area contributed by atoms with Gasteiger partial charge in [0.05, 0.1) is 24.8 Å². The zero-order chi connectivity index (χ0) is 19.3. The average molecular weight is 448 g/mol. The van der Waals surface area contributed by atoms with Gasteiger partial charge in [-0.3, -0.25) is 4.90 Å². The first-order chi connectivity index (χ1) is 13.7. The molecular formula is C20H26BrN5O2. The van der Waals surface area contributed by atoms with E-state index in [4.69, 9.17) is 14.5 Å². The van der Waals surface area contributed by atoms with Crippen molar-refractivity contribution in [2.45, 2.75) is 19.0 Å². The van der Waals surface area contributed by atoms with Crippen molar-refractivity contribution >= 4 is 27.7 Å². The number of likely N-dealkylation sites (tertiary alicyclic amines) is 1. The Balaban J connectivity index is 1.33. The quantitative estimate of drug-likeness (QED) is 0.729. The number of hydrogen-bond acceptors (Lipinski definition) is 7. The fourth-order valence-corrected chi connectivity index (χ4v) is 4.32. The lowest BCUT2D eigenvalue weighted by Crippen LogP contribution is -2.37. The predicted octanol–water partition coefficient (Wildman–Crippen LogP) is 2.77. The molecule has 2 fully saturated rings. The third-order valence-electron chi connectivity index (χ3n) is 5.20. The first-order valence-electron chi connectivity index (χ1n) is 9.68. The maximum Gasteiger partial charge on any atom is 0.224 e.